The first-order valence-electron chi connectivity index (χ1n) is 1.21. The Morgan fingerprint density at radius 3 is 2.00 bits per heavy atom. The van der Waals surface area contributed by atoms with E-state index >= 15 is 0 Å². The molecule has 0 N–H and O–H groups in total. The van der Waals surface area contributed by atoms with Crippen LogP contribution in [-0.2, 0) is 0 Å². The number of alkyl halides is 1. The van der Waals surface area contributed by atoms with E-state index in [1.54, 1.807) is 0 Å². The second-order valence-electron chi connectivity index (χ2n) is 0.592. The van der Waals surface area contributed by atoms with Crippen LogP contribution in [0.3, 0.4) is 0 Å². The molecule has 1 atom stereocenters. The quantitative estimate of drug-likeness (QED) is 0.396. The third-order valence-electron chi connectivity index (χ3n) is 0.260. The first kappa shape index (κ1) is 6.89. The molecule has 0 nitrogen and oxygen atoms in total. The van der Waals surface area contributed by atoms with Crippen LogP contribution in [0.2, 0.25) is 0 Å². The number of hydrogen-bond acceptors (Lipinski definition) is 0. The van der Waals surface area contributed by atoms with Crippen LogP contribution in [-0.4, -0.2) is 11.6 Å². The van der Waals surface area contributed by atoms with Crippen LogP contribution in [0.15, 0.2) is 0 Å². The van der Waals surface area contributed by atoms with Crippen LogP contribution in [0.5, 0.6) is 0 Å². The van der Waals surface area contributed by atoms with Crippen LogP contribution >= 0.6 is 40.1 Å². The van der Waals surface area contributed by atoms with Crippen molar-refractivity contribution in [3.63, 3.8) is 0 Å². The Morgan fingerprint density at radius 1 is 1.80 bits per heavy atom. The third kappa shape index (κ3) is 5.89. The van der Waals surface area contributed by atoms with Crippen molar-refractivity contribution < 1.29 is 0 Å². The maximum atomic E-state index is 2.58. The third-order valence-corrected chi connectivity index (χ3v) is 13.4. The molecule has 0 fully saturated rings. The summed E-state index contributed by atoms with van der Waals surface area (Å²) in [6, 6.07) is 0. The molecule has 0 rings (SSSR count). The predicted octanol–water partition coefficient (Wildman–Crippen LogP) is 2.70. The van der Waals surface area contributed by atoms with Gasteiger partial charge in [-0.15, -0.1) is 0 Å². The summed E-state index contributed by atoms with van der Waals surface area (Å²) in [5, 5.41) is 0. The van der Waals surface area contributed by atoms with Gasteiger partial charge in [0.2, 0.25) is 0 Å². The van der Waals surface area contributed by atoms with Gasteiger partial charge in [0.25, 0.3) is 0 Å². The fourth-order valence-electron chi connectivity index (χ4n) is 0. The molecule has 34 valence electrons. The minimum atomic E-state index is -0.284. The summed E-state index contributed by atoms with van der Waals surface area (Å²) in [5.74, 6) is 0. The Bertz CT molecular complexity index is 21.6. The molecule has 0 aromatic heterocycles. The van der Waals surface area contributed by atoms with E-state index in [4.69, 9.17) is 0 Å². The van der Waals surface area contributed by atoms with Gasteiger partial charge >= 0.3 is 51.7 Å². The molecule has 3 heteroatoms. The standard InChI is InChI=1S/C2H7I2P/c1-4(3)5-2/h5H,1-2H3. The monoisotopic (exact) mass is 316 g/mol. The van der Waals surface area contributed by atoms with Crippen LogP contribution < -0.4 is 0 Å². The molecule has 5 heavy (non-hydrogen) atoms. The molecule has 0 aromatic carbocycles. The van der Waals surface area contributed by atoms with Gasteiger partial charge in [0, 0.05) is 0 Å². The SMILES string of the molecule is CPI(C)I. The van der Waals surface area contributed by atoms with Gasteiger partial charge in [0.15, 0.2) is 0 Å². The molecule has 0 radical (unpaired) electrons. The first-order valence-corrected chi connectivity index (χ1v) is 14.3. The van der Waals surface area contributed by atoms with E-state index in [1.807, 2.05) is 0 Å². The molecule has 0 aliphatic rings. The molecule has 1 unspecified atom stereocenters. The van der Waals surface area contributed by atoms with Gasteiger partial charge in [-0.2, -0.15) is 0 Å². The van der Waals surface area contributed by atoms with Gasteiger partial charge in [-0.1, -0.05) is 0 Å². The van der Waals surface area contributed by atoms with Crippen LogP contribution in [0.4, 0.5) is 0 Å². The summed E-state index contributed by atoms with van der Waals surface area (Å²) >= 11 is 2.29. The van der Waals surface area contributed by atoms with E-state index in [2.05, 4.69) is 30.2 Å². The van der Waals surface area contributed by atoms with Crippen molar-refractivity contribution in [3.8, 4) is 0 Å². The summed E-state index contributed by atoms with van der Waals surface area (Å²) in [6.45, 7) is 2.29. The van der Waals surface area contributed by atoms with Gasteiger partial charge in [-0.3, -0.25) is 0 Å². The zero-order valence-electron chi connectivity index (χ0n) is 3.26. The molecule has 0 aliphatic heterocycles. The normalized spacial score (nSPS) is 13.8. The van der Waals surface area contributed by atoms with Crippen LogP contribution in [0.25, 0.3) is 0 Å². The zero-order valence-corrected chi connectivity index (χ0v) is 8.57. The Labute approximate surface area is 51.2 Å². The van der Waals surface area contributed by atoms with Gasteiger partial charge in [0.1, 0.15) is 0 Å². The van der Waals surface area contributed by atoms with Gasteiger partial charge in [-0.05, 0) is 0 Å². The summed E-state index contributed by atoms with van der Waals surface area (Å²) < 4.78 is 0. The van der Waals surface area contributed by atoms with Crippen molar-refractivity contribution in [2.75, 3.05) is 11.6 Å². The summed E-state index contributed by atoms with van der Waals surface area (Å²) in [7, 11) is 0. The first-order chi connectivity index (χ1) is 2.27. The Balaban J connectivity index is 2.54. The zero-order chi connectivity index (χ0) is 4.28. The van der Waals surface area contributed by atoms with Gasteiger partial charge in [-0.25, -0.2) is 0 Å². The van der Waals surface area contributed by atoms with Crippen molar-refractivity contribution in [3.05, 3.63) is 0 Å². The van der Waals surface area contributed by atoms with E-state index in [0.717, 1.165) is 0 Å². The van der Waals surface area contributed by atoms with E-state index in [0.29, 0.717) is 0 Å². The summed E-state index contributed by atoms with van der Waals surface area (Å²) in [5.41, 5.74) is 0. The summed E-state index contributed by atoms with van der Waals surface area (Å²) in [4.78, 5) is 2.38. The average Bonchev–Trinajstić information content (AvgIpc) is 1.38. The molecule has 0 saturated carbocycles. The molecule has 0 aliphatic carbocycles. The number of halogens is 2. The van der Waals surface area contributed by atoms with E-state index in [1.165, 1.54) is 6.22 Å². The fraction of sp³-hybridized carbons (Fsp3) is 1.00. The van der Waals surface area contributed by atoms with E-state index in [-0.39, 0.29) is 15.3 Å². The fourth-order valence-corrected chi connectivity index (χ4v) is 0. The van der Waals surface area contributed by atoms with Gasteiger partial charge < -0.3 is 0 Å². The summed E-state index contributed by atoms with van der Waals surface area (Å²) in [6.07, 6.45) is 1.26. The van der Waals surface area contributed by atoms with Crippen LogP contribution in [0, 0.1) is 0 Å². The van der Waals surface area contributed by atoms with E-state index in [9.17, 15) is 0 Å². The number of hydrogen-bond donors (Lipinski definition) is 0. The Kier molecular flexibility index (Phi) is 5.59. The maximum absolute atomic E-state index is 2.58. The molecule has 0 saturated heterocycles. The van der Waals surface area contributed by atoms with Crippen molar-refractivity contribution in [2.45, 2.75) is 0 Å². The molecule has 0 heterocycles. The van der Waals surface area contributed by atoms with Crippen LogP contribution in [0.1, 0.15) is 0 Å². The predicted molar refractivity (Wildman–Crippen MR) is 48.2 cm³/mol. The Morgan fingerprint density at radius 2 is 2.00 bits per heavy atom. The Hall–Kier alpha value is 1.89. The number of rotatable bonds is 1. The molecule has 0 bridgehead atoms. The van der Waals surface area contributed by atoms with Gasteiger partial charge in [0.05, 0.1) is 0 Å². The van der Waals surface area contributed by atoms with Crippen molar-refractivity contribution >= 4 is 40.1 Å². The molecule has 0 amide bonds. The van der Waals surface area contributed by atoms with Crippen molar-refractivity contribution in [2.24, 2.45) is 0 Å². The van der Waals surface area contributed by atoms with Crippen molar-refractivity contribution in [1.29, 1.82) is 0 Å². The minimum absolute atomic E-state index is 0.284. The topological polar surface area (TPSA) is 0 Å². The average molecular weight is 316 g/mol. The molecular formula is C2H7I2P. The second-order valence-corrected chi connectivity index (χ2v) is 23.7. The molecule has 0 aromatic rings. The van der Waals surface area contributed by atoms with E-state index < -0.39 is 0 Å². The van der Waals surface area contributed by atoms with Crippen molar-refractivity contribution in [1.82, 2.24) is 0 Å². The molecular weight excluding hydrogens is 309 g/mol. The molecule has 0 spiro atoms. The second kappa shape index (κ2) is 4.06.